The third-order valence-corrected chi connectivity index (χ3v) is 3.02. The number of pyridine rings is 1. The van der Waals surface area contributed by atoms with Gasteiger partial charge < -0.3 is 11.1 Å². The van der Waals surface area contributed by atoms with Crippen LogP contribution in [0.4, 0.5) is 0 Å². The summed E-state index contributed by atoms with van der Waals surface area (Å²) >= 11 is 1.70. The van der Waals surface area contributed by atoms with Gasteiger partial charge in [0, 0.05) is 24.9 Å². The lowest BCUT2D eigenvalue weighted by Gasteiger charge is -2.11. The number of hydrogen-bond acceptors (Lipinski definition) is 4. The lowest BCUT2D eigenvalue weighted by Crippen LogP contribution is -2.41. The van der Waals surface area contributed by atoms with E-state index >= 15 is 0 Å². The standard InChI is InChI=1S/C12H19N3OS/c1-17-9-6-11(13)12(16)15-8-5-10-4-2-3-7-14-10/h2-4,7,11H,5-6,8-9,13H2,1H3,(H,15,16)/t11-/m1/s1. The summed E-state index contributed by atoms with van der Waals surface area (Å²) in [7, 11) is 0. The van der Waals surface area contributed by atoms with Crippen molar-refractivity contribution in [2.24, 2.45) is 5.73 Å². The van der Waals surface area contributed by atoms with Gasteiger partial charge in [-0.1, -0.05) is 6.07 Å². The zero-order chi connectivity index (χ0) is 12.5. The quantitative estimate of drug-likeness (QED) is 0.755. The molecule has 1 rings (SSSR count). The van der Waals surface area contributed by atoms with Crippen molar-refractivity contribution in [1.82, 2.24) is 10.3 Å². The number of carbonyl (C=O) groups is 1. The first-order valence-corrected chi connectivity index (χ1v) is 7.05. The molecule has 0 aliphatic heterocycles. The molecule has 0 aromatic carbocycles. The second kappa shape index (κ2) is 8.08. The van der Waals surface area contributed by atoms with E-state index < -0.39 is 6.04 Å². The van der Waals surface area contributed by atoms with Crippen LogP contribution in [0.1, 0.15) is 12.1 Å². The lowest BCUT2D eigenvalue weighted by atomic mass is 10.2. The summed E-state index contributed by atoms with van der Waals surface area (Å²) < 4.78 is 0. The van der Waals surface area contributed by atoms with Crippen LogP contribution in [0.5, 0.6) is 0 Å². The smallest absolute Gasteiger partial charge is 0.236 e. The Bertz CT molecular complexity index is 332. The Kier molecular flexibility index (Phi) is 6.65. The molecule has 0 saturated carbocycles. The molecule has 94 valence electrons. The first-order valence-electron chi connectivity index (χ1n) is 5.66. The molecule has 1 aromatic rings. The maximum atomic E-state index is 11.6. The minimum atomic E-state index is -0.397. The molecule has 0 aliphatic carbocycles. The number of thioether (sulfide) groups is 1. The van der Waals surface area contributed by atoms with Gasteiger partial charge in [-0.05, 0) is 30.6 Å². The predicted octanol–water partition coefficient (Wildman–Crippen LogP) is 0.821. The molecule has 17 heavy (non-hydrogen) atoms. The third kappa shape index (κ3) is 5.70. The van der Waals surface area contributed by atoms with E-state index in [1.165, 1.54) is 0 Å². The molecule has 0 bridgehead atoms. The van der Waals surface area contributed by atoms with Crippen LogP contribution in [0.3, 0.4) is 0 Å². The fourth-order valence-electron chi connectivity index (χ4n) is 1.37. The summed E-state index contributed by atoms with van der Waals surface area (Å²) in [5.74, 6) is 0.837. The van der Waals surface area contributed by atoms with Gasteiger partial charge >= 0.3 is 0 Å². The molecule has 1 heterocycles. The van der Waals surface area contributed by atoms with Crippen LogP contribution >= 0.6 is 11.8 Å². The first-order chi connectivity index (χ1) is 8.24. The Balaban J connectivity index is 2.20. The van der Waals surface area contributed by atoms with Gasteiger partial charge in [0.25, 0.3) is 0 Å². The van der Waals surface area contributed by atoms with Crippen LogP contribution in [0.25, 0.3) is 0 Å². The van der Waals surface area contributed by atoms with Gasteiger partial charge in [-0.3, -0.25) is 9.78 Å². The van der Waals surface area contributed by atoms with Crippen LogP contribution in [-0.2, 0) is 11.2 Å². The van der Waals surface area contributed by atoms with Crippen LogP contribution in [0, 0.1) is 0 Å². The largest absolute Gasteiger partial charge is 0.354 e. The van der Waals surface area contributed by atoms with Crippen molar-refractivity contribution in [2.45, 2.75) is 18.9 Å². The molecule has 0 unspecified atom stereocenters. The van der Waals surface area contributed by atoms with E-state index in [1.54, 1.807) is 18.0 Å². The van der Waals surface area contributed by atoms with Crippen molar-refractivity contribution < 1.29 is 4.79 Å². The zero-order valence-corrected chi connectivity index (χ0v) is 10.9. The highest BCUT2D eigenvalue weighted by atomic mass is 32.2. The Morgan fingerprint density at radius 2 is 2.41 bits per heavy atom. The van der Waals surface area contributed by atoms with E-state index in [0.29, 0.717) is 6.54 Å². The van der Waals surface area contributed by atoms with Gasteiger partial charge in [-0.15, -0.1) is 0 Å². The van der Waals surface area contributed by atoms with Gasteiger partial charge in [0.05, 0.1) is 6.04 Å². The second-order valence-corrected chi connectivity index (χ2v) is 4.74. The third-order valence-electron chi connectivity index (χ3n) is 2.38. The lowest BCUT2D eigenvalue weighted by molar-refractivity contribution is -0.122. The summed E-state index contributed by atoms with van der Waals surface area (Å²) in [5, 5.41) is 2.83. The number of aromatic nitrogens is 1. The van der Waals surface area contributed by atoms with Crippen molar-refractivity contribution in [3.63, 3.8) is 0 Å². The van der Waals surface area contributed by atoms with E-state index in [1.807, 2.05) is 24.5 Å². The number of rotatable bonds is 7. The molecule has 0 fully saturated rings. The molecule has 0 radical (unpaired) electrons. The Labute approximate surface area is 106 Å². The van der Waals surface area contributed by atoms with E-state index in [2.05, 4.69) is 10.3 Å². The average molecular weight is 253 g/mol. The molecule has 0 spiro atoms. The van der Waals surface area contributed by atoms with Crippen molar-refractivity contribution in [3.05, 3.63) is 30.1 Å². The van der Waals surface area contributed by atoms with E-state index in [4.69, 9.17) is 5.73 Å². The van der Waals surface area contributed by atoms with Crippen molar-refractivity contribution in [3.8, 4) is 0 Å². The first kappa shape index (κ1) is 14.0. The minimum Gasteiger partial charge on any atom is -0.354 e. The number of hydrogen-bond donors (Lipinski definition) is 2. The van der Waals surface area contributed by atoms with Gasteiger partial charge in [-0.2, -0.15) is 11.8 Å². The molecule has 1 atom stereocenters. The number of carbonyl (C=O) groups excluding carboxylic acids is 1. The topological polar surface area (TPSA) is 68.0 Å². The van der Waals surface area contributed by atoms with Crippen molar-refractivity contribution in [2.75, 3.05) is 18.6 Å². The number of nitrogens with zero attached hydrogens (tertiary/aromatic N) is 1. The Morgan fingerprint density at radius 3 is 3.06 bits per heavy atom. The van der Waals surface area contributed by atoms with Crippen molar-refractivity contribution >= 4 is 17.7 Å². The normalized spacial score (nSPS) is 12.1. The van der Waals surface area contributed by atoms with Crippen LogP contribution in [0.15, 0.2) is 24.4 Å². The molecule has 4 nitrogen and oxygen atoms in total. The summed E-state index contributed by atoms with van der Waals surface area (Å²) in [6, 6.07) is 5.36. The van der Waals surface area contributed by atoms with E-state index in [0.717, 1.165) is 24.3 Å². The monoisotopic (exact) mass is 253 g/mol. The minimum absolute atomic E-state index is 0.0741. The number of nitrogens with one attached hydrogen (secondary N) is 1. The molecular weight excluding hydrogens is 234 g/mol. The number of amides is 1. The Morgan fingerprint density at radius 1 is 1.59 bits per heavy atom. The summed E-state index contributed by atoms with van der Waals surface area (Å²) in [6.45, 7) is 0.586. The van der Waals surface area contributed by atoms with Gasteiger partial charge in [0.15, 0.2) is 0 Å². The average Bonchev–Trinajstić information content (AvgIpc) is 2.37. The van der Waals surface area contributed by atoms with Gasteiger partial charge in [0.2, 0.25) is 5.91 Å². The second-order valence-electron chi connectivity index (χ2n) is 3.75. The molecule has 5 heteroatoms. The van der Waals surface area contributed by atoms with Gasteiger partial charge in [0.1, 0.15) is 0 Å². The maximum Gasteiger partial charge on any atom is 0.236 e. The SMILES string of the molecule is CSCC[C@@H](N)C(=O)NCCc1ccccn1. The van der Waals surface area contributed by atoms with E-state index in [9.17, 15) is 4.79 Å². The van der Waals surface area contributed by atoms with Crippen LogP contribution in [-0.4, -0.2) is 35.5 Å². The molecule has 1 amide bonds. The van der Waals surface area contributed by atoms with Crippen LogP contribution in [0.2, 0.25) is 0 Å². The van der Waals surface area contributed by atoms with Crippen LogP contribution < -0.4 is 11.1 Å². The highest BCUT2D eigenvalue weighted by molar-refractivity contribution is 7.98. The molecule has 1 aromatic heterocycles. The maximum absolute atomic E-state index is 11.6. The fourth-order valence-corrected chi connectivity index (χ4v) is 1.86. The molecule has 3 N–H and O–H groups in total. The Hall–Kier alpha value is -1.07. The zero-order valence-electron chi connectivity index (χ0n) is 10.1. The van der Waals surface area contributed by atoms with Crippen molar-refractivity contribution in [1.29, 1.82) is 0 Å². The molecular formula is C12H19N3OS. The summed E-state index contributed by atoms with van der Waals surface area (Å²) in [5.41, 5.74) is 6.72. The predicted molar refractivity (Wildman–Crippen MR) is 71.9 cm³/mol. The highest BCUT2D eigenvalue weighted by Gasteiger charge is 2.11. The van der Waals surface area contributed by atoms with Gasteiger partial charge in [-0.25, -0.2) is 0 Å². The summed E-state index contributed by atoms with van der Waals surface area (Å²) in [4.78, 5) is 15.8. The molecule has 0 aliphatic rings. The fraction of sp³-hybridized carbons (Fsp3) is 0.500. The summed E-state index contributed by atoms with van der Waals surface area (Å²) in [6.07, 6.45) is 5.21. The number of nitrogens with two attached hydrogens (primary N) is 1. The highest BCUT2D eigenvalue weighted by Crippen LogP contribution is 1.99. The van der Waals surface area contributed by atoms with E-state index in [-0.39, 0.29) is 5.91 Å². The molecule has 0 saturated heterocycles.